The minimum Gasteiger partial charge on any atom is -0.483 e. The van der Waals surface area contributed by atoms with Crippen molar-refractivity contribution in [2.75, 3.05) is 0 Å². The van der Waals surface area contributed by atoms with Crippen molar-refractivity contribution in [2.45, 2.75) is 25.4 Å². The van der Waals surface area contributed by atoms with Gasteiger partial charge in [-0.05, 0) is 19.3 Å². The van der Waals surface area contributed by atoms with Gasteiger partial charge in [-0.3, -0.25) is 4.79 Å². The van der Waals surface area contributed by atoms with E-state index in [1.54, 1.807) is 0 Å². The van der Waals surface area contributed by atoms with Crippen LogP contribution in [0.25, 0.3) is 0 Å². The van der Waals surface area contributed by atoms with Crippen LogP contribution in [0.15, 0.2) is 0 Å². The van der Waals surface area contributed by atoms with Gasteiger partial charge in [-0.15, -0.1) is 0 Å². The number of hydrogen-bond donors (Lipinski definition) is 1. The average Bonchev–Trinajstić information content (AvgIpc) is 1.64. The van der Waals surface area contributed by atoms with E-state index < -0.39 is 6.17 Å². The first-order valence-corrected chi connectivity index (χ1v) is 2.53. The fourth-order valence-electron chi connectivity index (χ4n) is 0.358. The molecule has 8 heavy (non-hydrogen) atoms. The smallest absolute Gasteiger partial charge is 0.290 e. The van der Waals surface area contributed by atoms with Crippen LogP contribution in [0.5, 0.6) is 0 Å². The van der Waals surface area contributed by atoms with Gasteiger partial charge in [0.2, 0.25) is 0 Å². The normalized spacial score (nSPS) is 17.6. The van der Waals surface area contributed by atoms with E-state index in [1.807, 2.05) is 0 Å². The molecule has 48 valence electrons. The molecule has 0 aromatic carbocycles. The molecule has 0 spiro atoms. The van der Waals surface area contributed by atoms with Crippen LogP contribution < -0.4 is 0 Å². The Balaban J connectivity index is 0.000000145. The maximum absolute atomic E-state index is 11.5. The van der Waals surface area contributed by atoms with Crippen LogP contribution in [0, 0.1) is 0 Å². The molecule has 1 rings (SSSR count). The SMILES string of the molecule is FC1CCC1.O=CO. The van der Waals surface area contributed by atoms with Gasteiger partial charge in [-0.25, -0.2) is 4.39 Å². The van der Waals surface area contributed by atoms with E-state index >= 15 is 0 Å². The number of carboxylic acid groups (broad SMARTS) is 1. The largest absolute Gasteiger partial charge is 0.483 e. The van der Waals surface area contributed by atoms with Crippen molar-refractivity contribution >= 4 is 6.47 Å². The highest BCUT2D eigenvalue weighted by Crippen LogP contribution is 2.20. The fraction of sp³-hybridized carbons (Fsp3) is 0.800. The van der Waals surface area contributed by atoms with Gasteiger partial charge in [0.15, 0.2) is 0 Å². The number of halogens is 1. The second kappa shape index (κ2) is 4.56. The Labute approximate surface area is 47.3 Å². The zero-order chi connectivity index (χ0) is 6.41. The van der Waals surface area contributed by atoms with E-state index in [4.69, 9.17) is 9.90 Å². The lowest BCUT2D eigenvalue weighted by atomic mass is 9.98. The van der Waals surface area contributed by atoms with E-state index in [2.05, 4.69) is 0 Å². The van der Waals surface area contributed by atoms with Crippen molar-refractivity contribution in [3.8, 4) is 0 Å². The second-order valence-electron chi connectivity index (χ2n) is 1.63. The van der Waals surface area contributed by atoms with Gasteiger partial charge in [0.1, 0.15) is 6.17 Å². The molecule has 1 fully saturated rings. The lowest BCUT2D eigenvalue weighted by molar-refractivity contribution is -0.122. The lowest BCUT2D eigenvalue weighted by Gasteiger charge is -2.14. The molecule has 2 nitrogen and oxygen atoms in total. The topological polar surface area (TPSA) is 37.3 Å². The Morgan fingerprint density at radius 3 is 1.88 bits per heavy atom. The quantitative estimate of drug-likeness (QED) is 0.488. The van der Waals surface area contributed by atoms with Crippen molar-refractivity contribution in [3.63, 3.8) is 0 Å². The van der Waals surface area contributed by atoms with E-state index in [0.717, 1.165) is 19.3 Å². The first kappa shape index (κ1) is 7.40. The zero-order valence-electron chi connectivity index (χ0n) is 4.51. The molecule has 0 radical (unpaired) electrons. The molecule has 0 saturated heterocycles. The number of alkyl halides is 1. The van der Waals surface area contributed by atoms with Gasteiger partial charge in [0.25, 0.3) is 6.47 Å². The highest BCUT2D eigenvalue weighted by Gasteiger charge is 2.14. The third-order valence-electron chi connectivity index (χ3n) is 1.03. The number of carbonyl (C=O) groups is 1. The summed E-state index contributed by atoms with van der Waals surface area (Å²) >= 11 is 0. The lowest BCUT2D eigenvalue weighted by Crippen LogP contribution is -2.09. The Morgan fingerprint density at radius 1 is 1.62 bits per heavy atom. The molecule has 0 aliphatic heterocycles. The van der Waals surface area contributed by atoms with Crippen LogP contribution in [0.3, 0.4) is 0 Å². The Morgan fingerprint density at radius 2 is 1.88 bits per heavy atom. The molecular weight excluding hydrogens is 111 g/mol. The zero-order valence-corrected chi connectivity index (χ0v) is 4.51. The monoisotopic (exact) mass is 120 g/mol. The van der Waals surface area contributed by atoms with Crippen LogP contribution >= 0.6 is 0 Å². The van der Waals surface area contributed by atoms with E-state index in [-0.39, 0.29) is 6.47 Å². The molecule has 0 aromatic rings. The van der Waals surface area contributed by atoms with Crippen LogP contribution in [-0.2, 0) is 4.79 Å². The van der Waals surface area contributed by atoms with E-state index in [1.165, 1.54) is 0 Å². The molecule has 3 heteroatoms. The van der Waals surface area contributed by atoms with Gasteiger partial charge in [0, 0.05) is 0 Å². The second-order valence-corrected chi connectivity index (χ2v) is 1.63. The molecule has 1 saturated carbocycles. The van der Waals surface area contributed by atoms with Crippen molar-refractivity contribution in [1.29, 1.82) is 0 Å². The van der Waals surface area contributed by atoms with Gasteiger partial charge < -0.3 is 5.11 Å². The first-order valence-electron chi connectivity index (χ1n) is 2.53. The first-order chi connectivity index (χ1) is 3.81. The molecule has 0 amide bonds. The molecule has 0 atom stereocenters. The van der Waals surface area contributed by atoms with Gasteiger partial charge >= 0.3 is 0 Å². The third kappa shape index (κ3) is 3.59. The average molecular weight is 120 g/mol. The van der Waals surface area contributed by atoms with Crippen molar-refractivity contribution in [1.82, 2.24) is 0 Å². The molecule has 0 heterocycles. The highest BCUT2D eigenvalue weighted by molar-refractivity contribution is 5.32. The van der Waals surface area contributed by atoms with Crippen LogP contribution in [0.1, 0.15) is 19.3 Å². The van der Waals surface area contributed by atoms with E-state index in [0.29, 0.717) is 0 Å². The summed E-state index contributed by atoms with van der Waals surface area (Å²) in [6, 6.07) is 0. The summed E-state index contributed by atoms with van der Waals surface area (Å²) in [5.74, 6) is 0. The minimum atomic E-state index is -0.435. The van der Waals surface area contributed by atoms with Gasteiger partial charge in [-0.2, -0.15) is 0 Å². The summed E-state index contributed by atoms with van der Waals surface area (Å²) in [5.41, 5.74) is 0. The minimum absolute atomic E-state index is 0.250. The predicted octanol–water partition coefficient (Wildman–Crippen LogP) is 1.21. The predicted molar refractivity (Wildman–Crippen MR) is 27.4 cm³/mol. The standard InChI is InChI=1S/C4H7F.CH2O2/c5-4-2-1-3-4;2-1-3/h4H,1-3H2;1H,(H,2,3). The van der Waals surface area contributed by atoms with Crippen LogP contribution in [-0.4, -0.2) is 17.8 Å². The molecule has 1 N–H and O–H groups in total. The molecular formula is C5H9FO2. The highest BCUT2D eigenvalue weighted by atomic mass is 19.1. The summed E-state index contributed by atoms with van der Waals surface area (Å²) < 4.78 is 11.5. The van der Waals surface area contributed by atoms with Gasteiger partial charge in [-0.1, -0.05) is 0 Å². The third-order valence-corrected chi connectivity index (χ3v) is 1.03. The fourth-order valence-corrected chi connectivity index (χ4v) is 0.358. The maximum Gasteiger partial charge on any atom is 0.290 e. The van der Waals surface area contributed by atoms with Crippen molar-refractivity contribution in [2.24, 2.45) is 0 Å². The summed E-state index contributed by atoms with van der Waals surface area (Å²) in [6.45, 7) is -0.250. The van der Waals surface area contributed by atoms with Crippen LogP contribution in [0.2, 0.25) is 0 Å². The van der Waals surface area contributed by atoms with Gasteiger partial charge in [0.05, 0.1) is 0 Å². The molecule has 1 aliphatic carbocycles. The summed E-state index contributed by atoms with van der Waals surface area (Å²) in [7, 11) is 0. The summed E-state index contributed by atoms with van der Waals surface area (Å²) in [6.07, 6.45) is 2.32. The molecule has 1 aliphatic rings. The number of rotatable bonds is 0. The molecule has 0 unspecified atom stereocenters. The maximum atomic E-state index is 11.5. The Hall–Kier alpha value is -0.600. The Kier molecular flexibility index (Phi) is 4.21. The van der Waals surface area contributed by atoms with Crippen LogP contribution in [0.4, 0.5) is 4.39 Å². The molecule has 0 aromatic heterocycles. The Bertz CT molecular complexity index is 61.4. The van der Waals surface area contributed by atoms with E-state index in [9.17, 15) is 4.39 Å². The van der Waals surface area contributed by atoms with Crippen molar-refractivity contribution in [3.05, 3.63) is 0 Å². The number of hydrogen-bond acceptors (Lipinski definition) is 1. The van der Waals surface area contributed by atoms with Crippen molar-refractivity contribution < 1.29 is 14.3 Å². The summed E-state index contributed by atoms with van der Waals surface area (Å²) in [4.78, 5) is 8.36. The summed E-state index contributed by atoms with van der Waals surface area (Å²) in [5, 5.41) is 6.89. The molecule has 0 bridgehead atoms.